The fourth-order valence-corrected chi connectivity index (χ4v) is 4.98. The molecule has 7 heteroatoms. The van der Waals surface area contributed by atoms with Crippen molar-refractivity contribution in [2.45, 2.75) is 45.4 Å². The molecule has 1 saturated heterocycles. The van der Waals surface area contributed by atoms with E-state index in [2.05, 4.69) is 33.9 Å². The minimum absolute atomic E-state index is 0.0129. The van der Waals surface area contributed by atoms with Gasteiger partial charge in [0.05, 0.1) is 11.1 Å². The number of H-pyrrole nitrogens is 2. The third kappa shape index (κ3) is 2.26. The van der Waals surface area contributed by atoms with E-state index >= 15 is 0 Å². The summed E-state index contributed by atoms with van der Waals surface area (Å²) in [6, 6.07) is 0.590. The molecule has 0 bridgehead atoms. The number of ether oxygens (including phenoxy) is 1. The Balaban J connectivity index is 1.73. The molecule has 2 atom stereocenters. The monoisotopic (exact) mass is 356 g/mol. The zero-order chi connectivity index (χ0) is 17.1. The van der Waals surface area contributed by atoms with Crippen LogP contribution >= 0.6 is 11.3 Å². The Bertz CT molecular complexity index is 1000. The van der Waals surface area contributed by atoms with Crippen molar-refractivity contribution in [1.29, 1.82) is 0 Å². The molecule has 0 spiro atoms. The SMILES string of the molecule is C[C@@H]1CCN1Cc1[nH]c(=O)c2sc(-c3cn[nH]c3)c3c2c1C[C@H](C)O3. The lowest BCUT2D eigenvalue weighted by atomic mass is 9.97. The van der Waals surface area contributed by atoms with Gasteiger partial charge in [-0.1, -0.05) is 0 Å². The van der Waals surface area contributed by atoms with Gasteiger partial charge < -0.3 is 9.72 Å². The highest BCUT2D eigenvalue weighted by atomic mass is 32.1. The van der Waals surface area contributed by atoms with Gasteiger partial charge in [0.15, 0.2) is 0 Å². The molecule has 0 saturated carbocycles. The molecular weight excluding hydrogens is 336 g/mol. The number of nitrogens with one attached hydrogen (secondary N) is 2. The topological polar surface area (TPSA) is 74.0 Å². The second-order valence-corrected chi connectivity index (χ2v) is 8.12. The summed E-state index contributed by atoms with van der Waals surface area (Å²) in [5.41, 5.74) is 3.25. The van der Waals surface area contributed by atoms with Gasteiger partial charge in [-0.2, -0.15) is 5.10 Å². The second kappa shape index (κ2) is 5.44. The van der Waals surface area contributed by atoms with Crippen molar-refractivity contribution in [2.75, 3.05) is 6.54 Å². The van der Waals surface area contributed by atoms with Gasteiger partial charge in [0.1, 0.15) is 16.6 Å². The van der Waals surface area contributed by atoms with Crippen molar-refractivity contribution in [3.05, 3.63) is 34.0 Å². The fourth-order valence-electron chi connectivity index (χ4n) is 3.85. The minimum Gasteiger partial charge on any atom is -0.488 e. The van der Waals surface area contributed by atoms with E-state index in [4.69, 9.17) is 4.74 Å². The van der Waals surface area contributed by atoms with E-state index in [1.165, 1.54) is 23.3 Å². The molecule has 3 aromatic rings. The molecule has 25 heavy (non-hydrogen) atoms. The lowest BCUT2D eigenvalue weighted by Gasteiger charge is -2.39. The summed E-state index contributed by atoms with van der Waals surface area (Å²) in [7, 11) is 0. The number of likely N-dealkylation sites (tertiary alicyclic amines) is 1. The molecule has 3 aromatic heterocycles. The maximum Gasteiger partial charge on any atom is 0.266 e. The van der Waals surface area contributed by atoms with Crippen LogP contribution in [0, 0.1) is 0 Å². The Morgan fingerprint density at radius 1 is 1.44 bits per heavy atom. The number of aromatic amines is 2. The molecule has 0 aliphatic carbocycles. The minimum atomic E-state index is -0.0129. The predicted molar refractivity (Wildman–Crippen MR) is 98.3 cm³/mol. The molecule has 0 radical (unpaired) electrons. The van der Waals surface area contributed by atoms with Crippen LogP contribution in [0.1, 0.15) is 31.5 Å². The van der Waals surface area contributed by atoms with E-state index in [9.17, 15) is 4.79 Å². The molecule has 2 aliphatic heterocycles. The van der Waals surface area contributed by atoms with Crippen LogP contribution in [0.5, 0.6) is 5.75 Å². The number of hydrogen-bond donors (Lipinski definition) is 2. The normalized spacial score (nSPS) is 22.8. The van der Waals surface area contributed by atoms with Crippen LogP contribution in [0.15, 0.2) is 17.2 Å². The van der Waals surface area contributed by atoms with Crippen molar-refractivity contribution in [2.24, 2.45) is 0 Å². The Hall–Kier alpha value is -2.12. The molecule has 0 amide bonds. The van der Waals surface area contributed by atoms with Gasteiger partial charge in [0.25, 0.3) is 5.56 Å². The molecule has 5 heterocycles. The summed E-state index contributed by atoms with van der Waals surface area (Å²) in [6.45, 7) is 6.24. The van der Waals surface area contributed by atoms with E-state index in [0.29, 0.717) is 6.04 Å². The summed E-state index contributed by atoms with van der Waals surface area (Å²) in [4.78, 5) is 19.3. The average molecular weight is 356 g/mol. The third-order valence-electron chi connectivity index (χ3n) is 5.39. The lowest BCUT2D eigenvalue weighted by Crippen LogP contribution is -2.45. The molecule has 130 valence electrons. The molecule has 1 fully saturated rings. The zero-order valence-electron chi connectivity index (χ0n) is 14.3. The van der Waals surface area contributed by atoms with Gasteiger partial charge in [-0.15, -0.1) is 11.3 Å². The highest BCUT2D eigenvalue weighted by molar-refractivity contribution is 7.22. The van der Waals surface area contributed by atoms with Crippen molar-refractivity contribution < 1.29 is 4.74 Å². The summed E-state index contributed by atoms with van der Waals surface area (Å²) in [6.07, 6.45) is 5.78. The first-order valence-corrected chi connectivity index (χ1v) is 9.54. The van der Waals surface area contributed by atoms with Gasteiger partial charge in [-0.25, -0.2) is 0 Å². The highest BCUT2D eigenvalue weighted by Crippen LogP contribution is 2.47. The van der Waals surface area contributed by atoms with Crippen molar-refractivity contribution in [3.8, 4) is 16.2 Å². The van der Waals surface area contributed by atoms with Crippen LogP contribution in [0.25, 0.3) is 20.5 Å². The van der Waals surface area contributed by atoms with Crippen LogP contribution in [0.3, 0.4) is 0 Å². The number of thiophene rings is 1. The average Bonchev–Trinajstić information content (AvgIpc) is 3.23. The number of hydrogen-bond acceptors (Lipinski definition) is 5. The number of nitrogens with zero attached hydrogens (tertiary/aromatic N) is 2. The first kappa shape index (κ1) is 15.2. The lowest BCUT2D eigenvalue weighted by molar-refractivity contribution is 0.0936. The quantitative estimate of drug-likeness (QED) is 0.757. The smallest absolute Gasteiger partial charge is 0.266 e. The predicted octanol–water partition coefficient (Wildman–Crippen LogP) is 2.90. The van der Waals surface area contributed by atoms with Gasteiger partial charge in [-0.05, 0) is 25.8 Å². The van der Waals surface area contributed by atoms with E-state index in [0.717, 1.165) is 51.5 Å². The van der Waals surface area contributed by atoms with E-state index in [1.54, 1.807) is 6.20 Å². The van der Waals surface area contributed by atoms with Gasteiger partial charge in [0, 0.05) is 48.4 Å². The first-order chi connectivity index (χ1) is 12.1. The van der Waals surface area contributed by atoms with Crippen molar-refractivity contribution in [3.63, 3.8) is 0 Å². The molecule has 0 aromatic carbocycles. The Morgan fingerprint density at radius 3 is 3.00 bits per heavy atom. The first-order valence-electron chi connectivity index (χ1n) is 8.72. The van der Waals surface area contributed by atoms with Crippen molar-refractivity contribution in [1.82, 2.24) is 20.1 Å². The Labute approximate surface area is 148 Å². The molecule has 6 nitrogen and oxygen atoms in total. The van der Waals surface area contributed by atoms with Crippen LogP contribution < -0.4 is 10.3 Å². The molecule has 2 N–H and O–H groups in total. The van der Waals surface area contributed by atoms with Crippen molar-refractivity contribution >= 4 is 21.4 Å². The molecule has 2 aliphatic rings. The standard InChI is InChI=1S/C18H20N4O2S/c1-9-3-4-22(9)8-13-12-5-10(2)24-15-14(12)17(18(23)21-13)25-16(15)11-6-19-20-7-11/h6-7,9-10H,3-5,8H2,1-2H3,(H,19,20)(H,21,23)/t9-,10+/m1/s1. The molecule has 5 rings (SSSR count). The Kier molecular flexibility index (Phi) is 3.30. The van der Waals surface area contributed by atoms with E-state index in [1.807, 2.05) is 6.20 Å². The summed E-state index contributed by atoms with van der Waals surface area (Å²) in [5.74, 6) is 0.846. The molecule has 0 unspecified atom stereocenters. The maximum absolute atomic E-state index is 12.7. The van der Waals surface area contributed by atoms with Crippen LogP contribution in [-0.4, -0.2) is 38.8 Å². The Morgan fingerprint density at radius 2 is 2.32 bits per heavy atom. The van der Waals surface area contributed by atoms with E-state index in [-0.39, 0.29) is 11.7 Å². The molecular formula is C18H20N4O2S. The maximum atomic E-state index is 12.7. The van der Waals surface area contributed by atoms with Crippen LogP contribution in [-0.2, 0) is 13.0 Å². The number of pyridine rings is 1. The zero-order valence-corrected chi connectivity index (χ0v) is 15.1. The van der Waals surface area contributed by atoms with Crippen LogP contribution in [0.2, 0.25) is 0 Å². The van der Waals surface area contributed by atoms with E-state index < -0.39 is 0 Å². The van der Waals surface area contributed by atoms with Crippen LogP contribution in [0.4, 0.5) is 0 Å². The van der Waals surface area contributed by atoms with Gasteiger partial charge in [-0.3, -0.25) is 14.8 Å². The third-order valence-corrected chi connectivity index (χ3v) is 6.61. The number of aromatic nitrogens is 3. The summed E-state index contributed by atoms with van der Waals surface area (Å²) in [5, 5.41) is 7.90. The number of rotatable bonds is 3. The summed E-state index contributed by atoms with van der Waals surface area (Å²) >= 11 is 1.49. The highest BCUT2D eigenvalue weighted by Gasteiger charge is 2.31. The largest absolute Gasteiger partial charge is 0.488 e. The van der Waals surface area contributed by atoms with Gasteiger partial charge in [0.2, 0.25) is 0 Å². The summed E-state index contributed by atoms with van der Waals surface area (Å²) < 4.78 is 6.94. The second-order valence-electron chi connectivity index (χ2n) is 7.10. The fraction of sp³-hybridized carbons (Fsp3) is 0.444. The van der Waals surface area contributed by atoms with Gasteiger partial charge >= 0.3 is 0 Å².